The summed E-state index contributed by atoms with van der Waals surface area (Å²) in [5, 5.41) is 4.04. The highest BCUT2D eigenvalue weighted by Crippen LogP contribution is 2.27. The van der Waals surface area contributed by atoms with E-state index in [4.69, 9.17) is 0 Å². The molecule has 1 N–H and O–H groups in total. The zero-order valence-corrected chi connectivity index (χ0v) is 16.6. The monoisotopic (exact) mass is 362 g/mol. The SMILES string of the molecule is Cc1cccc(C(C)C)c1NC(=O)Cn1c(=O)cc(C)c2cccc(C)c21. The van der Waals surface area contributed by atoms with Crippen molar-refractivity contribution in [2.45, 2.75) is 47.1 Å². The largest absolute Gasteiger partial charge is 0.324 e. The fourth-order valence-corrected chi connectivity index (χ4v) is 3.61. The molecule has 0 spiro atoms. The van der Waals surface area contributed by atoms with Crippen molar-refractivity contribution in [1.29, 1.82) is 0 Å². The highest BCUT2D eigenvalue weighted by Gasteiger charge is 2.15. The summed E-state index contributed by atoms with van der Waals surface area (Å²) >= 11 is 0. The van der Waals surface area contributed by atoms with Crippen molar-refractivity contribution in [1.82, 2.24) is 4.57 Å². The Kier molecular flexibility index (Phi) is 5.17. The number of amides is 1. The Labute approximate surface area is 159 Å². The molecule has 0 radical (unpaired) electrons. The van der Waals surface area contributed by atoms with Crippen molar-refractivity contribution < 1.29 is 4.79 Å². The lowest BCUT2D eigenvalue weighted by molar-refractivity contribution is -0.116. The number of anilines is 1. The second-order valence-electron chi connectivity index (χ2n) is 7.46. The molecular formula is C23H26N2O2. The van der Waals surface area contributed by atoms with Gasteiger partial charge >= 0.3 is 0 Å². The van der Waals surface area contributed by atoms with Crippen LogP contribution < -0.4 is 10.9 Å². The van der Waals surface area contributed by atoms with Crippen LogP contribution in [-0.4, -0.2) is 10.5 Å². The lowest BCUT2D eigenvalue weighted by atomic mass is 9.98. The minimum Gasteiger partial charge on any atom is -0.324 e. The van der Waals surface area contributed by atoms with Crippen LogP contribution in [0.15, 0.2) is 47.3 Å². The van der Waals surface area contributed by atoms with Crippen molar-refractivity contribution >= 4 is 22.5 Å². The van der Waals surface area contributed by atoms with Crippen molar-refractivity contribution in [3.05, 3.63) is 75.1 Å². The third kappa shape index (κ3) is 3.65. The number of hydrogen-bond donors (Lipinski definition) is 1. The van der Waals surface area contributed by atoms with E-state index in [0.29, 0.717) is 5.92 Å². The third-order valence-electron chi connectivity index (χ3n) is 5.03. The van der Waals surface area contributed by atoms with Gasteiger partial charge in [-0.2, -0.15) is 0 Å². The van der Waals surface area contributed by atoms with E-state index < -0.39 is 0 Å². The van der Waals surface area contributed by atoms with Crippen molar-refractivity contribution in [3.63, 3.8) is 0 Å². The molecule has 1 heterocycles. The smallest absolute Gasteiger partial charge is 0.251 e. The molecule has 27 heavy (non-hydrogen) atoms. The summed E-state index contributed by atoms with van der Waals surface area (Å²) in [5.74, 6) is 0.104. The quantitative estimate of drug-likeness (QED) is 0.732. The standard InChI is InChI=1S/C23H26N2O2/c1-14(2)18-10-6-8-15(3)22(18)24-20(26)13-25-21(27)12-17(5)19-11-7-9-16(4)23(19)25/h6-12,14H,13H2,1-5H3,(H,24,26). The van der Waals surface area contributed by atoms with Crippen LogP contribution in [0.1, 0.15) is 42.0 Å². The number of carbonyl (C=O) groups excluding carboxylic acids is 1. The summed E-state index contributed by atoms with van der Waals surface area (Å²) in [5.41, 5.74) is 5.55. The van der Waals surface area contributed by atoms with Gasteiger partial charge in [0.2, 0.25) is 5.91 Å². The molecule has 0 saturated carbocycles. The molecule has 0 aliphatic carbocycles. The molecule has 4 nitrogen and oxygen atoms in total. The average Bonchev–Trinajstić information content (AvgIpc) is 2.60. The van der Waals surface area contributed by atoms with Gasteiger partial charge in [-0.3, -0.25) is 14.2 Å². The number of pyridine rings is 1. The Hall–Kier alpha value is -2.88. The van der Waals surface area contributed by atoms with Gasteiger partial charge in [-0.1, -0.05) is 50.2 Å². The molecule has 1 aromatic heterocycles. The Morgan fingerprint density at radius 2 is 1.67 bits per heavy atom. The number of carbonyl (C=O) groups is 1. The summed E-state index contributed by atoms with van der Waals surface area (Å²) in [6.07, 6.45) is 0. The van der Waals surface area contributed by atoms with Crippen molar-refractivity contribution in [2.24, 2.45) is 0 Å². The van der Waals surface area contributed by atoms with E-state index in [9.17, 15) is 9.59 Å². The second-order valence-corrected chi connectivity index (χ2v) is 7.46. The number of benzene rings is 2. The highest BCUT2D eigenvalue weighted by atomic mass is 16.2. The molecule has 0 saturated heterocycles. The first-order valence-electron chi connectivity index (χ1n) is 9.28. The molecule has 4 heteroatoms. The number of para-hydroxylation sites is 2. The zero-order chi connectivity index (χ0) is 19.7. The molecule has 0 fully saturated rings. The first-order chi connectivity index (χ1) is 12.8. The lowest BCUT2D eigenvalue weighted by Crippen LogP contribution is -2.28. The number of rotatable bonds is 4. The van der Waals surface area contributed by atoms with Gasteiger partial charge in [-0.05, 0) is 48.9 Å². The molecule has 3 aromatic rings. The summed E-state index contributed by atoms with van der Waals surface area (Å²) in [4.78, 5) is 25.4. The fraction of sp³-hybridized carbons (Fsp3) is 0.304. The van der Waals surface area contributed by atoms with Crippen LogP contribution in [0.2, 0.25) is 0 Å². The summed E-state index contributed by atoms with van der Waals surface area (Å²) in [6.45, 7) is 10.1. The van der Waals surface area contributed by atoms with E-state index in [-0.39, 0.29) is 18.0 Å². The number of fused-ring (bicyclic) bond motifs is 1. The highest BCUT2D eigenvalue weighted by molar-refractivity contribution is 5.94. The molecule has 1 amide bonds. The minimum absolute atomic E-state index is 0.00760. The van der Waals surface area contributed by atoms with Crippen LogP contribution in [0.5, 0.6) is 0 Å². The van der Waals surface area contributed by atoms with Crippen LogP contribution in [0, 0.1) is 20.8 Å². The molecule has 0 atom stereocenters. The van der Waals surface area contributed by atoms with Gasteiger partial charge in [0, 0.05) is 17.1 Å². The molecule has 2 aromatic carbocycles. The van der Waals surface area contributed by atoms with E-state index in [1.807, 2.05) is 57.2 Å². The van der Waals surface area contributed by atoms with Crippen molar-refractivity contribution in [3.8, 4) is 0 Å². The molecule has 0 aliphatic rings. The predicted molar refractivity (Wildman–Crippen MR) is 112 cm³/mol. The maximum Gasteiger partial charge on any atom is 0.251 e. The van der Waals surface area contributed by atoms with Gasteiger partial charge < -0.3 is 5.32 Å². The van der Waals surface area contributed by atoms with Gasteiger partial charge in [0.05, 0.1) is 5.52 Å². The Morgan fingerprint density at radius 1 is 1.00 bits per heavy atom. The number of nitrogens with zero attached hydrogens (tertiary/aromatic N) is 1. The number of nitrogens with one attached hydrogen (secondary N) is 1. The van der Waals surface area contributed by atoms with Crippen LogP contribution in [-0.2, 0) is 11.3 Å². The molecule has 0 bridgehead atoms. The van der Waals surface area contributed by atoms with Gasteiger partial charge in [0.15, 0.2) is 0 Å². The predicted octanol–water partition coefficient (Wildman–Crippen LogP) is 4.69. The number of aryl methyl sites for hydroxylation is 3. The molecule has 0 aliphatic heterocycles. The second kappa shape index (κ2) is 7.39. The molecule has 140 valence electrons. The molecule has 3 rings (SSSR count). The van der Waals surface area contributed by atoms with Crippen LogP contribution in [0.4, 0.5) is 5.69 Å². The Bertz CT molecular complexity index is 1080. The summed E-state index contributed by atoms with van der Waals surface area (Å²) < 4.78 is 1.57. The van der Waals surface area contributed by atoms with E-state index in [0.717, 1.165) is 38.8 Å². The van der Waals surface area contributed by atoms with Gasteiger partial charge in [-0.25, -0.2) is 0 Å². The van der Waals surface area contributed by atoms with E-state index in [2.05, 4.69) is 19.2 Å². The Balaban J connectivity index is 2.01. The fourth-order valence-electron chi connectivity index (χ4n) is 3.61. The summed E-state index contributed by atoms with van der Waals surface area (Å²) in [6, 6.07) is 13.5. The van der Waals surface area contributed by atoms with Gasteiger partial charge in [-0.15, -0.1) is 0 Å². The topological polar surface area (TPSA) is 51.1 Å². The van der Waals surface area contributed by atoms with E-state index >= 15 is 0 Å². The first-order valence-corrected chi connectivity index (χ1v) is 9.28. The normalized spacial score (nSPS) is 11.2. The number of aromatic nitrogens is 1. The maximum absolute atomic E-state index is 12.8. The average molecular weight is 362 g/mol. The van der Waals surface area contributed by atoms with Crippen LogP contribution in [0.25, 0.3) is 10.9 Å². The molecule has 0 unspecified atom stereocenters. The Morgan fingerprint density at radius 3 is 2.37 bits per heavy atom. The maximum atomic E-state index is 12.8. The van der Waals surface area contributed by atoms with Gasteiger partial charge in [0.1, 0.15) is 6.54 Å². The van der Waals surface area contributed by atoms with Crippen LogP contribution >= 0.6 is 0 Å². The minimum atomic E-state index is -0.193. The van der Waals surface area contributed by atoms with Crippen LogP contribution in [0.3, 0.4) is 0 Å². The molecular weight excluding hydrogens is 336 g/mol. The third-order valence-corrected chi connectivity index (χ3v) is 5.03. The first kappa shape index (κ1) is 18.9. The van der Waals surface area contributed by atoms with E-state index in [1.54, 1.807) is 10.6 Å². The number of hydrogen-bond acceptors (Lipinski definition) is 2. The zero-order valence-electron chi connectivity index (χ0n) is 16.6. The lowest BCUT2D eigenvalue weighted by Gasteiger charge is -2.18. The van der Waals surface area contributed by atoms with E-state index in [1.165, 1.54) is 0 Å². The van der Waals surface area contributed by atoms with Crippen molar-refractivity contribution in [2.75, 3.05) is 5.32 Å². The van der Waals surface area contributed by atoms with Gasteiger partial charge in [0.25, 0.3) is 5.56 Å². The summed E-state index contributed by atoms with van der Waals surface area (Å²) in [7, 11) is 0.